The number of hydrogen-bond donors (Lipinski definition) is 1. The number of aryl methyl sites for hydroxylation is 1. The van der Waals surface area contributed by atoms with Crippen molar-refractivity contribution in [1.29, 1.82) is 0 Å². The van der Waals surface area contributed by atoms with Gasteiger partial charge in [-0.25, -0.2) is 8.42 Å². The summed E-state index contributed by atoms with van der Waals surface area (Å²) in [6, 6.07) is 12.8. The summed E-state index contributed by atoms with van der Waals surface area (Å²) in [5.41, 5.74) is 4.01. The fraction of sp³-hybridized carbons (Fsp3) is 0.381. The van der Waals surface area contributed by atoms with E-state index in [2.05, 4.69) is 4.72 Å². The Morgan fingerprint density at radius 3 is 2.82 bits per heavy atom. The number of hydrogen-bond acceptors (Lipinski definition) is 4. The maximum Gasteiger partial charge on any atom is 0.256 e. The third kappa shape index (κ3) is 3.91. The van der Waals surface area contributed by atoms with Crippen molar-refractivity contribution in [2.75, 3.05) is 22.8 Å². The molecule has 2 aliphatic rings. The molecule has 0 aliphatic carbocycles. The number of nitrogens with one attached hydrogen (secondary N) is 1. The minimum atomic E-state index is -3.56. The first kappa shape index (κ1) is 19.0. The minimum absolute atomic E-state index is 0.0313. The fourth-order valence-corrected chi connectivity index (χ4v) is 5.10. The Labute approximate surface area is 165 Å². The highest BCUT2D eigenvalue weighted by Gasteiger charge is 2.33. The van der Waals surface area contributed by atoms with Gasteiger partial charge >= 0.3 is 0 Å². The van der Waals surface area contributed by atoms with E-state index in [1.165, 1.54) is 0 Å². The van der Waals surface area contributed by atoms with Crippen LogP contribution in [-0.2, 0) is 31.7 Å². The molecule has 1 saturated heterocycles. The third-order valence-corrected chi connectivity index (χ3v) is 6.57. The van der Waals surface area contributed by atoms with Crippen molar-refractivity contribution in [3.8, 4) is 0 Å². The molecule has 0 spiro atoms. The van der Waals surface area contributed by atoms with Crippen LogP contribution in [0.25, 0.3) is 0 Å². The van der Waals surface area contributed by atoms with E-state index >= 15 is 0 Å². The zero-order valence-corrected chi connectivity index (χ0v) is 16.7. The Bertz CT molecular complexity index is 997. The number of fused-ring (bicyclic) bond motifs is 1. The molecule has 1 fully saturated rings. The summed E-state index contributed by atoms with van der Waals surface area (Å²) in [6.45, 7) is 3.12. The zero-order chi connectivity index (χ0) is 19.7. The van der Waals surface area contributed by atoms with E-state index in [-0.39, 0.29) is 17.8 Å². The lowest BCUT2D eigenvalue weighted by atomic mass is 10.1. The lowest BCUT2D eigenvalue weighted by Gasteiger charge is -2.21. The molecule has 4 rings (SSSR count). The Morgan fingerprint density at radius 2 is 2.07 bits per heavy atom. The topological polar surface area (TPSA) is 75.7 Å². The van der Waals surface area contributed by atoms with Gasteiger partial charge in [0, 0.05) is 18.8 Å². The first-order chi connectivity index (χ1) is 13.4. The molecule has 7 heteroatoms. The van der Waals surface area contributed by atoms with Crippen molar-refractivity contribution in [3.05, 3.63) is 59.2 Å². The Morgan fingerprint density at radius 1 is 1.25 bits per heavy atom. The van der Waals surface area contributed by atoms with Crippen molar-refractivity contribution < 1.29 is 17.9 Å². The van der Waals surface area contributed by atoms with E-state index in [9.17, 15) is 13.2 Å². The van der Waals surface area contributed by atoms with Crippen LogP contribution >= 0.6 is 0 Å². The van der Waals surface area contributed by atoms with Crippen LogP contribution in [0.5, 0.6) is 0 Å². The van der Waals surface area contributed by atoms with E-state index in [0.29, 0.717) is 18.8 Å². The summed E-state index contributed by atoms with van der Waals surface area (Å²) in [7, 11) is -3.56. The van der Waals surface area contributed by atoms with Crippen LogP contribution in [0.3, 0.4) is 0 Å². The number of sulfonamides is 1. The van der Waals surface area contributed by atoms with E-state index in [4.69, 9.17) is 4.74 Å². The van der Waals surface area contributed by atoms with Crippen molar-refractivity contribution in [1.82, 2.24) is 0 Å². The van der Waals surface area contributed by atoms with Crippen molar-refractivity contribution >= 4 is 27.3 Å². The lowest BCUT2D eigenvalue weighted by molar-refractivity contribution is -0.127. The van der Waals surface area contributed by atoms with Crippen LogP contribution < -0.4 is 9.62 Å². The number of amides is 1. The average molecular weight is 401 g/mol. The molecular formula is C21H24N2O4S. The van der Waals surface area contributed by atoms with Gasteiger partial charge in [-0.15, -0.1) is 0 Å². The van der Waals surface area contributed by atoms with E-state index in [1.54, 1.807) is 17.0 Å². The second-order valence-corrected chi connectivity index (χ2v) is 9.09. The number of rotatable bonds is 5. The second kappa shape index (κ2) is 7.56. The minimum Gasteiger partial charge on any atom is -0.368 e. The number of nitrogens with zero attached hydrogens (tertiary/aromatic N) is 1. The Kier molecular flexibility index (Phi) is 5.12. The number of anilines is 2. The molecule has 1 atom stereocenters. The molecule has 2 heterocycles. The molecule has 1 amide bonds. The van der Waals surface area contributed by atoms with Gasteiger partial charge < -0.3 is 9.64 Å². The first-order valence-corrected chi connectivity index (χ1v) is 11.2. The molecule has 28 heavy (non-hydrogen) atoms. The molecule has 1 N–H and O–H groups in total. The normalized spacial score (nSPS) is 18.9. The van der Waals surface area contributed by atoms with Crippen LogP contribution in [0.1, 0.15) is 29.5 Å². The molecule has 0 radical (unpaired) electrons. The quantitative estimate of drug-likeness (QED) is 0.837. The Hall–Kier alpha value is -2.38. The molecule has 0 bridgehead atoms. The summed E-state index contributed by atoms with van der Waals surface area (Å²) < 4.78 is 33.5. The summed E-state index contributed by atoms with van der Waals surface area (Å²) in [5.74, 6) is -0.119. The van der Waals surface area contributed by atoms with Crippen LogP contribution in [0.2, 0.25) is 0 Å². The smallest absolute Gasteiger partial charge is 0.256 e. The van der Waals surface area contributed by atoms with Crippen molar-refractivity contribution in [3.63, 3.8) is 0 Å². The molecule has 6 nitrogen and oxygen atoms in total. The van der Waals surface area contributed by atoms with Crippen LogP contribution in [0.15, 0.2) is 42.5 Å². The number of ether oxygens (including phenoxy) is 1. The highest BCUT2D eigenvalue weighted by molar-refractivity contribution is 7.91. The van der Waals surface area contributed by atoms with E-state index < -0.39 is 10.0 Å². The molecule has 2 aromatic carbocycles. The second-order valence-electron chi connectivity index (χ2n) is 7.37. The van der Waals surface area contributed by atoms with Gasteiger partial charge in [-0.05, 0) is 55.0 Å². The summed E-state index contributed by atoms with van der Waals surface area (Å²) in [6.07, 6.45) is 2.03. The molecular weight excluding hydrogens is 376 g/mol. The molecule has 148 valence electrons. The van der Waals surface area contributed by atoms with Gasteiger partial charge in [0.15, 0.2) is 0 Å². The maximum atomic E-state index is 12.7. The van der Waals surface area contributed by atoms with Gasteiger partial charge in [-0.1, -0.05) is 30.3 Å². The van der Waals surface area contributed by atoms with Gasteiger partial charge in [-0.3, -0.25) is 9.52 Å². The van der Waals surface area contributed by atoms with Crippen LogP contribution in [0, 0.1) is 6.92 Å². The Balaban J connectivity index is 1.53. The van der Waals surface area contributed by atoms with Gasteiger partial charge in [0.2, 0.25) is 10.0 Å². The number of benzene rings is 2. The zero-order valence-electron chi connectivity index (χ0n) is 15.8. The average Bonchev–Trinajstić information content (AvgIpc) is 3.32. The predicted octanol–water partition coefficient (Wildman–Crippen LogP) is 3.01. The summed E-state index contributed by atoms with van der Waals surface area (Å²) in [5, 5.41) is 0. The van der Waals surface area contributed by atoms with Crippen molar-refractivity contribution in [2.24, 2.45) is 0 Å². The van der Waals surface area contributed by atoms with Gasteiger partial charge in [0.1, 0.15) is 6.10 Å². The molecule has 2 aromatic rings. The first-order valence-electron chi connectivity index (χ1n) is 9.54. The van der Waals surface area contributed by atoms with Crippen LogP contribution in [-0.4, -0.2) is 33.6 Å². The standard InChI is InChI=1S/C21H24N2O4S/c1-15-5-2-3-6-17(15)14-28(25,26)22-18-9-8-16-10-11-23(19(16)13-18)21(24)20-7-4-12-27-20/h2-3,5-6,8-9,13,20,22H,4,7,10-12,14H2,1H3. The third-order valence-electron chi connectivity index (χ3n) is 5.33. The fourth-order valence-electron chi connectivity index (χ4n) is 3.81. The van der Waals surface area contributed by atoms with Gasteiger partial charge in [0.25, 0.3) is 5.91 Å². The predicted molar refractivity (Wildman–Crippen MR) is 109 cm³/mol. The van der Waals surface area contributed by atoms with Gasteiger partial charge in [-0.2, -0.15) is 0 Å². The SMILES string of the molecule is Cc1ccccc1CS(=O)(=O)Nc1ccc2c(c1)N(C(=O)C1CCCO1)CC2. The van der Waals surface area contributed by atoms with E-state index in [1.807, 2.05) is 37.3 Å². The summed E-state index contributed by atoms with van der Waals surface area (Å²) in [4.78, 5) is 14.5. The number of carbonyl (C=O) groups is 1. The molecule has 0 saturated carbocycles. The maximum absolute atomic E-state index is 12.7. The van der Waals surface area contributed by atoms with Crippen molar-refractivity contribution in [2.45, 2.75) is 38.0 Å². The largest absolute Gasteiger partial charge is 0.368 e. The van der Waals surface area contributed by atoms with Gasteiger partial charge in [0.05, 0.1) is 11.4 Å². The lowest BCUT2D eigenvalue weighted by Crippen LogP contribution is -2.37. The molecule has 2 aliphatic heterocycles. The van der Waals surface area contributed by atoms with E-state index in [0.717, 1.165) is 41.6 Å². The molecule has 0 aromatic heterocycles. The van der Waals surface area contributed by atoms with Crippen LogP contribution in [0.4, 0.5) is 11.4 Å². The number of carbonyl (C=O) groups excluding carboxylic acids is 1. The molecule has 1 unspecified atom stereocenters. The summed E-state index contributed by atoms with van der Waals surface area (Å²) >= 11 is 0. The highest BCUT2D eigenvalue weighted by Crippen LogP contribution is 2.33. The highest BCUT2D eigenvalue weighted by atomic mass is 32.2. The monoisotopic (exact) mass is 400 g/mol.